The largest absolute Gasteiger partial charge is 0.354 e. The van der Waals surface area contributed by atoms with E-state index in [2.05, 4.69) is 27.5 Å². The van der Waals surface area contributed by atoms with Crippen LogP contribution in [0.4, 0.5) is 11.4 Å². The number of halogens is 1. The summed E-state index contributed by atoms with van der Waals surface area (Å²) < 4.78 is 0. The number of carbonyl (C=O) groups excluding carboxylic acids is 1. The number of para-hydroxylation sites is 1. The summed E-state index contributed by atoms with van der Waals surface area (Å²) in [5.74, 6) is 0.0750. The zero-order valence-corrected chi connectivity index (χ0v) is 18.6. The van der Waals surface area contributed by atoms with Gasteiger partial charge in [-0.05, 0) is 49.5 Å². The van der Waals surface area contributed by atoms with Gasteiger partial charge in [-0.1, -0.05) is 35.9 Å². The molecule has 1 amide bonds. The maximum absolute atomic E-state index is 13.0. The average molecular weight is 446 g/mol. The predicted octanol–water partition coefficient (Wildman–Crippen LogP) is 5.01. The van der Waals surface area contributed by atoms with Gasteiger partial charge in [0, 0.05) is 48.4 Å². The van der Waals surface area contributed by atoms with Crippen LogP contribution in [0.2, 0.25) is 5.02 Å². The molecular formula is C25H24ClN5O. The molecule has 1 fully saturated rings. The fourth-order valence-electron chi connectivity index (χ4n) is 4.03. The van der Waals surface area contributed by atoms with Gasteiger partial charge in [-0.15, -0.1) is 0 Å². The number of hydrogen-bond donors (Lipinski definition) is 2. The number of amides is 1. The van der Waals surface area contributed by atoms with E-state index in [-0.39, 0.29) is 5.91 Å². The normalized spacial score (nSPS) is 14.6. The topological polar surface area (TPSA) is 64.3 Å². The molecule has 0 unspecified atom stereocenters. The third-order valence-electron chi connectivity index (χ3n) is 5.89. The summed E-state index contributed by atoms with van der Waals surface area (Å²) in [6.07, 6.45) is 0. The summed E-state index contributed by atoms with van der Waals surface area (Å²) in [6.45, 7) is 3.32. The van der Waals surface area contributed by atoms with Crippen molar-refractivity contribution < 1.29 is 4.79 Å². The van der Waals surface area contributed by atoms with Gasteiger partial charge in [0.05, 0.1) is 21.9 Å². The molecule has 1 aliphatic rings. The Morgan fingerprint density at radius 3 is 2.62 bits per heavy atom. The SMILES string of the molecule is CN1CCN(C(=O)c2cccc(-c3n[nH]c4cc(Nc5ccccc5Cl)ccc34)c2)CC1. The van der Waals surface area contributed by atoms with Crippen molar-refractivity contribution in [1.29, 1.82) is 0 Å². The maximum atomic E-state index is 13.0. The first-order valence-corrected chi connectivity index (χ1v) is 11.0. The summed E-state index contributed by atoms with van der Waals surface area (Å²) in [6, 6.07) is 21.4. The first kappa shape index (κ1) is 20.5. The molecular weight excluding hydrogens is 422 g/mol. The van der Waals surface area contributed by atoms with E-state index in [0.29, 0.717) is 10.6 Å². The highest BCUT2D eigenvalue weighted by Gasteiger charge is 2.21. The Kier molecular flexibility index (Phi) is 5.55. The minimum atomic E-state index is 0.0750. The number of carbonyl (C=O) groups is 1. The molecule has 0 saturated carbocycles. The van der Waals surface area contributed by atoms with E-state index in [1.165, 1.54) is 0 Å². The first-order valence-electron chi connectivity index (χ1n) is 10.7. The average Bonchev–Trinajstić information content (AvgIpc) is 3.24. The molecule has 0 spiro atoms. The van der Waals surface area contributed by atoms with Gasteiger partial charge in [-0.2, -0.15) is 5.10 Å². The highest BCUT2D eigenvalue weighted by atomic mass is 35.5. The molecule has 0 aliphatic carbocycles. The molecule has 7 heteroatoms. The van der Waals surface area contributed by atoms with Gasteiger partial charge in [0.2, 0.25) is 0 Å². The van der Waals surface area contributed by atoms with Crippen LogP contribution in [-0.2, 0) is 0 Å². The van der Waals surface area contributed by atoms with Crippen LogP contribution in [-0.4, -0.2) is 59.1 Å². The van der Waals surface area contributed by atoms with Crippen molar-refractivity contribution >= 4 is 39.8 Å². The Hall–Kier alpha value is -3.35. The van der Waals surface area contributed by atoms with Crippen LogP contribution in [0.1, 0.15) is 10.4 Å². The highest BCUT2D eigenvalue weighted by Crippen LogP contribution is 2.31. The molecule has 0 bridgehead atoms. The van der Waals surface area contributed by atoms with Crippen LogP contribution in [0.5, 0.6) is 0 Å². The number of nitrogens with zero attached hydrogens (tertiary/aromatic N) is 3. The second-order valence-corrected chi connectivity index (χ2v) is 8.52. The second-order valence-electron chi connectivity index (χ2n) is 8.11. The van der Waals surface area contributed by atoms with Gasteiger partial charge in [0.15, 0.2) is 0 Å². The number of anilines is 2. The summed E-state index contributed by atoms with van der Waals surface area (Å²) in [7, 11) is 2.08. The van der Waals surface area contributed by atoms with Crippen molar-refractivity contribution in [1.82, 2.24) is 20.0 Å². The number of likely N-dealkylation sites (N-methyl/N-ethyl adjacent to an activating group) is 1. The molecule has 2 heterocycles. The lowest BCUT2D eigenvalue weighted by Gasteiger charge is -2.32. The van der Waals surface area contributed by atoms with E-state index in [1.807, 2.05) is 71.6 Å². The lowest BCUT2D eigenvalue weighted by atomic mass is 10.0. The number of rotatable bonds is 4. The molecule has 4 aromatic rings. The summed E-state index contributed by atoms with van der Waals surface area (Å²) >= 11 is 6.26. The molecule has 0 radical (unpaired) electrons. The Balaban J connectivity index is 1.41. The zero-order valence-electron chi connectivity index (χ0n) is 17.8. The number of fused-ring (bicyclic) bond motifs is 1. The number of nitrogens with one attached hydrogen (secondary N) is 2. The fourth-order valence-corrected chi connectivity index (χ4v) is 4.21. The van der Waals surface area contributed by atoms with Crippen molar-refractivity contribution in [2.24, 2.45) is 0 Å². The number of piperazine rings is 1. The number of H-pyrrole nitrogens is 1. The number of hydrogen-bond acceptors (Lipinski definition) is 4. The Bertz CT molecular complexity index is 1280. The molecule has 6 nitrogen and oxygen atoms in total. The Labute approximate surface area is 191 Å². The van der Waals surface area contributed by atoms with Gasteiger partial charge in [0.1, 0.15) is 0 Å². The van der Waals surface area contributed by atoms with Crippen molar-refractivity contribution in [2.45, 2.75) is 0 Å². The van der Waals surface area contributed by atoms with Crippen LogP contribution in [0.15, 0.2) is 66.7 Å². The quantitative estimate of drug-likeness (QED) is 0.463. The minimum absolute atomic E-state index is 0.0750. The summed E-state index contributed by atoms with van der Waals surface area (Å²) in [5, 5.41) is 12.7. The van der Waals surface area contributed by atoms with Crippen molar-refractivity contribution in [3.8, 4) is 11.3 Å². The van der Waals surface area contributed by atoms with Crippen molar-refractivity contribution in [3.63, 3.8) is 0 Å². The first-order chi connectivity index (χ1) is 15.6. The van der Waals surface area contributed by atoms with Gasteiger partial charge < -0.3 is 15.1 Å². The molecule has 2 N–H and O–H groups in total. The Morgan fingerprint density at radius 1 is 1.00 bits per heavy atom. The maximum Gasteiger partial charge on any atom is 0.253 e. The molecule has 1 saturated heterocycles. The predicted molar refractivity (Wildman–Crippen MR) is 130 cm³/mol. The zero-order chi connectivity index (χ0) is 22.1. The summed E-state index contributed by atoms with van der Waals surface area (Å²) in [4.78, 5) is 17.2. The second kappa shape index (κ2) is 8.65. The third-order valence-corrected chi connectivity index (χ3v) is 6.22. The van der Waals surface area contributed by atoms with Crippen LogP contribution in [0.3, 0.4) is 0 Å². The van der Waals surface area contributed by atoms with E-state index >= 15 is 0 Å². The van der Waals surface area contributed by atoms with E-state index < -0.39 is 0 Å². The molecule has 32 heavy (non-hydrogen) atoms. The fraction of sp³-hybridized carbons (Fsp3) is 0.200. The number of aromatic amines is 1. The molecule has 0 atom stereocenters. The lowest BCUT2D eigenvalue weighted by molar-refractivity contribution is 0.0664. The minimum Gasteiger partial charge on any atom is -0.354 e. The molecule has 5 rings (SSSR count). The van der Waals surface area contributed by atoms with Gasteiger partial charge in [0.25, 0.3) is 5.91 Å². The number of benzene rings is 3. The van der Waals surface area contributed by atoms with Crippen molar-refractivity contribution in [2.75, 3.05) is 38.5 Å². The standard InChI is InChI=1S/C25H24ClN5O/c1-30-11-13-31(14-12-30)25(32)18-6-4-5-17(15-18)24-20-10-9-19(16-23(20)28-29-24)27-22-8-3-2-7-21(22)26/h2-10,15-16,27H,11-14H2,1H3,(H,28,29). The number of aromatic nitrogens is 2. The third kappa shape index (κ3) is 4.07. The van der Waals surface area contributed by atoms with Crippen LogP contribution in [0.25, 0.3) is 22.2 Å². The van der Waals surface area contributed by atoms with Crippen molar-refractivity contribution in [3.05, 3.63) is 77.3 Å². The summed E-state index contributed by atoms with van der Waals surface area (Å²) in [5.41, 5.74) is 5.12. The van der Waals surface area contributed by atoms with E-state index in [4.69, 9.17) is 11.6 Å². The van der Waals surface area contributed by atoms with Crippen LogP contribution in [0, 0.1) is 0 Å². The molecule has 1 aliphatic heterocycles. The van der Waals surface area contributed by atoms with Gasteiger partial charge in [-0.3, -0.25) is 9.89 Å². The monoisotopic (exact) mass is 445 g/mol. The molecule has 1 aromatic heterocycles. The molecule has 162 valence electrons. The van der Waals surface area contributed by atoms with E-state index in [0.717, 1.165) is 59.7 Å². The lowest BCUT2D eigenvalue weighted by Crippen LogP contribution is -2.47. The van der Waals surface area contributed by atoms with Crippen LogP contribution < -0.4 is 5.32 Å². The van der Waals surface area contributed by atoms with Gasteiger partial charge in [-0.25, -0.2) is 0 Å². The Morgan fingerprint density at radius 2 is 1.81 bits per heavy atom. The van der Waals surface area contributed by atoms with E-state index in [1.54, 1.807) is 0 Å². The van der Waals surface area contributed by atoms with Gasteiger partial charge >= 0.3 is 0 Å². The highest BCUT2D eigenvalue weighted by molar-refractivity contribution is 6.33. The smallest absolute Gasteiger partial charge is 0.253 e. The molecule has 3 aromatic carbocycles. The van der Waals surface area contributed by atoms with Crippen LogP contribution >= 0.6 is 11.6 Å². The van der Waals surface area contributed by atoms with E-state index in [9.17, 15) is 4.79 Å².